The number of carbonyl (C=O) groups excluding carboxylic acids is 1. The highest BCUT2D eigenvalue weighted by atomic mass is 32.2. The van der Waals surface area contributed by atoms with E-state index in [-0.39, 0.29) is 11.7 Å². The number of carbonyl (C=O) groups is 1. The molecule has 1 aromatic carbocycles. The van der Waals surface area contributed by atoms with Crippen molar-refractivity contribution in [1.82, 2.24) is 4.90 Å². The lowest BCUT2D eigenvalue weighted by atomic mass is 10.2. The van der Waals surface area contributed by atoms with Crippen molar-refractivity contribution in [2.75, 3.05) is 5.75 Å². The van der Waals surface area contributed by atoms with Crippen LogP contribution in [0.1, 0.15) is 5.56 Å². The quantitative estimate of drug-likeness (QED) is 0.767. The van der Waals surface area contributed by atoms with Crippen molar-refractivity contribution in [3.05, 3.63) is 47.3 Å². The number of nitrogens with zero attached hydrogens (tertiary/aromatic N) is 1. The average Bonchev–Trinajstić information content (AvgIpc) is 2.24. The summed E-state index contributed by atoms with van der Waals surface area (Å²) in [6.07, 6.45) is 1.70. The van der Waals surface area contributed by atoms with Gasteiger partial charge in [0.25, 0.3) is 0 Å². The predicted octanol–water partition coefficient (Wildman–Crippen LogP) is 2.37. The number of halogens is 1. The summed E-state index contributed by atoms with van der Waals surface area (Å²) < 4.78 is 13.3. The fraction of sp³-hybridized carbons (Fsp3) is 0.182. The van der Waals surface area contributed by atoms with E-state index in [2.05, 4.69) is 0 Å². The molecule has 0 saturated heterocycles. The minimum Gasteiger partial charge on any atom is -0.313 e. The van der Waals surface area contributed by atoms with Crippen LogP contribution >= 0.6 is 11.8 Å². The molecule has 1 aliphatic heterocycles. The van der Waals surface area contributed by atoms with Crippen molar-refractivity contribution in [3.8, 4) is 0 Å². The van der Waals surface area contributed by atoms with Crippen LogP contribution in [-0.2, 0) is 11.3 Å². The largest absolute Gasteiger partial charge is 0.313 e. The number of rotatable bonds is 2. The van der Waals surface area contributed by atoms with Crippen LogP contribution in [0.5, 0.6) is 0 Å². The van der Waals surface area contributed by atoms with Gasteiger partial charge in [0.1, 0.15) is 5.82 Å². The monoisotopic (exact) mass is 223 g/mol. The van der Waals surface area contributed by atoms with Crippen molar-refractivity contribution >= 4 is 17.7 Å². The second-order valence-electron chi connectivity index (χ2n) is 3.21. The molecule has 2 rings (SSSR count). The molecule has 1 heterocycles. The van der Waals surface area contributed by atoms with Gasteiger partial charge in [0.05, 0.1) is 12.3 Å². The van der Waals surface area contributed by atoms with E-state index >= 15 is 0 Å². The predicted molar refractivity (Wildman–Crippen MR) is 58.5 cm³/mol. The van der Waals surface area contributed by atoms with Crippen molar-refractivity contribution in [3.63, 3.8) is 0 Å². The molecule has 0 aliphatic carbocycles. The summed E-state index contributed by atoms with van der Waals surface area (Å²) >= 11 is 1.46. The maximum atomic E-state index is 13.3. The number of amides is 1. The molecule has 1 amide bonds. The van der Waals surface area contributed by atoms with Crippen LogP contribution < -0.4 is 0 Å². The van der Waals surface area contributed by atoms with Crippen molar-refractivity contribution in [2.45, 2.75) is 6.54 Å². The lowest BCUT2D eigenvalue weighted by Crippen LogP contribution is -2.29. The number of thioether (sulfide) groups is 1. The van der Waals surface area contributed by atoms with Gasteiger partial charge in [-0.2, -0.15) is 0 Å². The maximum Gasteiger partial charge on any atom is 0.237 e. The fourth-order valence-corrected chi connectivity index (χ4v) is 1.99. The Labute approximate surface area is 91.8 Å². The minimum absolute atomic E-state index is 0.0192. The second kappa shape index (κ2) is 4.49. The van der Waals surface area contributed by atoms with Crippen LogP contribution in [0.2, 0.25) is 0 Å². The van der Waals surface area contributed by atoms with Crippen LogP contribution in [0.3, 0.4) is 0 Å². The van der Waals surface area contributed by atoms with Crippen LogP contribution in [0.25, 0.3) is 0 Å². The Morgan fingerprint density at radius 2 is 2.20 bits per heavy atom. The molecule has 0 atom stereocenters. The molecule has 0 saturated carbocycles. The van der Waals surface area contributed by atoms with E-state index in [1.165, 1.54) is 22.7 Å². The van der Waals surface area contributed by atoms with E-state index in [1.807, 2.05) is 5.41 Å². The van der Waals surface area contributed by atoms with E-state index in [1.54, 1.807) is 24.4 Å². The summed E-state index contributed by atoms with van der Waals surface area (Å²) in [7, 11) is 0. The summed E-state index contributed by atoms with van der Waals surface area (Å²) in [5.41, 5.74) is 0.544. The Morgan fingerprint density at radius 3 is 2.93 bits per heavy atom. The van der Waals surface area contributed by atoms with Gasteiger partial charge in [-0.25, -0.2) is 4.39 Å². The average molecular weight is 223 g/mol. The van der Waals surface area contributed by atoms with Crippen LogP contribution in [0.15, 0.2) is 35.9 Å². The number of hydrogen-bond acceptors (Lipinski definition) is 2. The van der Waals surface area contributed by atoms with Gasteiger partial charge < -0.3 is 4.90 Å². The number of hydrogen-bond donors (Lipinski definition) is 0. The van der Waals surface area contributed by atoms with Crippen LogP contribution in [0.4, 0.5) is 4.39 Å². The molecule has 0 unspecified atom stereocenters. The first kappa shape index (κ1) is 10.2. The molecule has 2 nitrogen and oxygen atoms in total. The molecule has 1 aromatic rings. The van der Waals surface area contributed by atoms with Gasteiger partial charge >= 0.3 is 0 Å². The molecule has 15 heavy (non-hydrogen) atoms. The van der Waals surface area contributed by atoms with E-state index in [0.717, 1.165) is 0 Å². The SMILES string of the molecule is O=C1CSC=CN1Cc1ccccc1F. The smallest absolute Gasteiger partial charge is 0.237 e. The minimum atomic E-state index is -0.267. The highest BCUT2D eigenvalue weighted by molar-refractivity contribution is 8.02. The standard InChI is InChI=1S/C11H10FNOS/c12-10-4-2-1-3-9(10)7-13-5-6-15-8-11(13)14/h1-6H,7-8H2. The fourth-order valence-electron chi connectivity index (χ4n) is 1.35. The van der Waals surface area contributed by atoms with Gasteiger partial charge in [-0.05, 0) is 11.5 Å². The molecular formula is C11H10FNOS. The topological polar surface area (TPSA) is 20.3 Å². The van der Waals surface area contributed by atoms with E-state index in [4.69, 9.17) is 0 Å². The number of benzene rings is 1. The van der Waals surface area contributed by atoms with Crippen LogP contribution in [0, 0.1) is 5.82 Å². The summed E-state index contributed by atoms with van der Waals surface area (Å²) in [6, 6.07) is 6.51. The molecule has 1 aliphatic rings. The highest BCUT2D eigenvalue weighted by Gasteiger charge is 2.15. The third-order valence-corrected chi connectivity index (χ3v) is 2.89. The second-order valence-corrected chi connectivity index (χ2v) is 4.10. The highest BCUT2D eigenvalue weighted by Crippen LogP contribution is 2.16. The van der Waals surface area contributed by atoms with E-state index in [0.29, 0.717) is 17.9 Å². The van der Waals surface area contributed by atoms with Crippen molar-refractivity contribution in [1.29, 1.82) is 0 Å². The van der Waals surface area contributed by atoms with E-state index in [9.17, 15) is 9.18 Å². The van der Waals surface area contributed by atoms with Gasteiger partial charge in [-0.1, -0.05) is 18.2 Å². The molecule has 0 N–H and O–H groups in total. The summed E-state index contributed by atoms with van der Waals surface area (Å²) in [6.45, 7) is 0.308. The first-order valence-corrected chi connectivity index (χ1v) is 5.63. The third-order valence-electron chi connectivity index (χ3n) is 2.16. The normalized spacial score (nSPS) is 15.8. The Hall–Kier alpha value is -1.29. The lowest BCUT2D eigenvalue weighted by molar-refractivity contribution is -0.126. The zero-order chi connectivity index (χ0) is 10.7. The first-order valence-electron chi connectivity index (χ1n) is 4.58. The summed E-state index contributed by atoms with van der Waals surface area (Å²) in [4.78, 5) is 13.0. The molecular weight excluding hydrogens is 213 g/mol. The zero-order valence-electron chi connectivity index (χ0n) is 8.02. The molecule has 4 heteroatoms. The summed E-state index contributed by atoms with van der Waals surface area (Å²) in [5.74, 6) is 0.188. The lowest BCUT2D eigenvalue weighted by Gasteiger charge is -2.21. The van der Waals surface area contributed by atoms with Gasteiger partial charge in [-0.3, -0.25) is 4.79 Å². The third kappa shape index (κ3) is 2.39. The zero-order valence-corrected chi connectivity index (χ0v) is 8.84. The molecule has 78 valence electrons. The van der Waals surface area contributed by atoms with E-state index < -0.39 is 0 Å². The first-order chi connectivity index (χ1) is 7.27. The van der Waals surface area contributed by atoms with Crippen molar-refractivity contribution in [2.24, 2.45) is 0 Å². The Morgan fingerprint density at radius 1 is 1.40 bits per heavy atom. The Bertz CT molecular complexity index is 405. The van der Waals surface area contributed by atoms with Crippen LogP contribution in [-0.4, -0.2) is 16.6 Å². The van der Waals surface area contributed by atoms with Gasteiger partial charge in [0.2, 0.25) is 5.91 Å². The Balaban J connectivity index is 2.15. The van der Waals surface area contributed by atoms with Gasteiger partial charge in [0.15, 0.2) is 0 Å². The Kier molecular flexibility index (Phi) is 3.06. The molecule has 0 radical (unpaired) electrons. The van der Waals surface area contributed by atoms with Crippen molar-refractivity contribution < 1.29 is 9.18 Å². The van der Waals surface area contributed by atoms with Gasteiger partial charge in [0, 0.05) is 11.8 Å². The maximum absolute atomic E-state index is 13.3. The molecule has 0 spiro atoms. The molecule has 0 aromatic heterocycles. The molecule has 0 bridgehead atoms. The summed E-state index contributed by atoms with van der Waals surface area (Å²) in [5, 5.41) is 1.85. The molecule has 0 fully saturated rings. The van der Waals surface area contributed by atoms with Gasteiger partial charge in [-0.15, -0.1) is 11.8 Å².